The van der Waals surface area contributed by atoms with Gasteiger partial charge in [0.2, 0.25) is 0 Å². The molecule has 0 saturated carbocycles. The topological polar surface area (TPSA) is 142 Å². The molecule has 202 valence electrons. The molecule has 5 N–H and O–H groups in total. The molecule has 0 bridgehead atoms. The number of fused-ring (bicyclic) bond motifs is 1. The van der Waals surface area contributed by atoms with Gasteiger partial charge >= 0.3 is 5.97 Å². The zero-order chi connectivity index (χ0) is 28.2. The Balaban J connectivity index is 1.52. The van der Waals surface area contributed by atoms with E-state index in [-0.39, 0.29) is 17.3 Å². The zero-order valence-corrected chi connectivity index (χ0v) is 22.0. The van der Waals surface area contributed by atoms with Crippen molar-refractivity contribution >= 4 is 23.4 Å². The fourth-order valence-corrected chi connectivity index (χ4v) is 4.96. The Kier molecular flexibility index (Phi) is 7.46. The van der Waals surface area contributed by atoms with Gasteiger partial charge in [-0.1, -0.05) is 12.1 Å². The first-order valence-corrected chi connectivity index (χ1v) is 12.8. The molecule has 9 heteroatoms. The normalized spacial score (nSPS) is 12.1. The number of benzene rings is 3. The second-order valence-corrected chi connectivity index (χ2v) is 9.56. The minimum atomic E-state index is -1.09. The molecule has 2 heterocycles. The summed E-state index contributed by atoms with van der Waals surface area (Å²) in [6.45, 7) is 1.59. The van der Waals surface area contributed by atoms with Gasteiger partial charge in [-0.25, -0.2) is 4.79 Å². The quantitative estimate of drug-likeness (QED) is 0.186. The summed E-state index contributed by atoms with van der Waals surface area (Å²) < 4.78 is 5.27. The molecule has 0 saturated heterocycles. The van der Waals surface area contributed by atoms with Gasteiger partial charge in [0.1, 0.15) is 11.6 Å². The number of carboxylic acid groups (broad SMARTS) is 1. The zero-order valence-electron chi connectivity index (χ0n) is 22.0. The van der Waals surface area contributed by atoms with Gasteiger partial charge in [0.25, 0.3) is 5.91 Å². The molecule has 40 heavy (non-hydrogen) atoms. The third-order valence-corrected chi connectivity index (χ3v) is 7.04. The summed E-state index contributed by atoms with van der Waals surface area (Å²) in [5.41, 5.74) is 11.9. The van der Waals surface area contributed by atoms with E-state index in [1.54, 1.807) is 36.7 Å². The van der Waals surface area contributed by atoms with Crippen LogP contribution in [0.5, 0.6) is 5.75 Å². The van der Waals surface area contributed by atoms with Crippen molar-refractivity contribution in [2.45, 2.75) is 19.5 Å². The number of anilines is 1. The van der Waals surface area contributed by atoms with Gasteiger partial charge in [0.05, 0.1) is 12.7 Å². The predicted molar refractivity (Wildman–Crippen MR) is 153 cm³/mol. The van der Waals surface area contributed by atoms with E-state index in [9.17, 15) is 14.7 Å². The maximum atomic E-state index is 13.1. The fourth-order valence-electron chi connectivity index (χ4n) is 4.96. The van der Waals surface area contributed by atoms with Crippen LogP contribution in [0.15, 0.2) is 79.1 Å². The number of nitrogens with one attached hydrogen (secondary N) is 2. The molecule has 1 aliphatic heterocycles. The molecule has 1 aliphatic rings. The van der Waals surface area contributed by atoms with Crippen LogP contribution in [0.1, 0.15) is 43.0 Å². The Bertz CT molecular complexity index is 1600. The molecule has 0 spiro atoms. The lowest BCUT2D eigenvalue weighted by atomic mass is 9.92. The van der Waals surface area contributed by atoms with E-state index in [0.29, 0.717) is 41.1 Å². The lowest BCUT2D eigenvalue weighted by Crippen LogP contribution is -2.24. The first-order chi connectivity index (χ1) is 19.3. The molecule has 0 aliphatic carbocycles. The molecule has 9 nitrogen and oxygen atoms in total. The number of carboxylic acids is 1. The molecule has 1 amide bonds. The summed E-state index contributed by atoms with van der Waals surface area (Å²) in [6, 6.07) is 19.8. The maximum absolute atomic E-state index is 13.1. The van der Waals surface area contributed by atoms with Crippen molar-refractivity contribution in [3.05, 3.63) is 113 Å². The van der Waals surface area contributed by atoms with Gasteiger partial charge in [-0.15, -0.1) is 0 Å². The molecular formula is C31H29N5O4. The van der Waals surface area contributed by atoms with Crippen LogP contribution >= 0.6 is 0 Å². The van der Waals surface area contributed by atoms with Crippen molar-refractivity contribution in [2.75, 3.05) is 18.6 Å². The van der Waals surface area contributed by atoms with Gasteiger partial charge in [0.15, 0.2) is 0 Å². The standard InChI is InChI=1S/C31H29N5O4/c1-40-24-7-8-25(27(15-24)31(38)39)26-14-22(30(37)35-17-19-3-2-11-34-16-19)4-5-23(26)18-36-12-10-20-13-21(29(32)33)6-9-28(20)36/h2-9,11,13-16H,10,12,17-18H2,1H3,(H3,32,33)(H,35,37)(H,38,39). The van der Waals surface area contributed by atoms with Crippen molar-refractivity contribution < 1.29 is 19.4 Å². The van der Waals surface area contributed by atoms with E-state index in [1.165, 1.54) is 13.2 Å². The number of aromatic nitrogens is 1. The Morgan fingerprint density at radius 3 is 2.62 bits per heavy atom. The van der Waals surface area contributed by atoms with Crippen molar-refractivity contribution in [3.8, 4) is 16.9 Å². The summed E-state index contributed by atoms with van der Waals surface area (Å²) in [5, 5.41) is 20.7. The largest absolute Gasteiger partial charge is 0.497 e. The number of methoxy groups -OCH3 is 1. The van der Waals surface area contributed by atoms with Crippen molar-refractivity contribution in [1.29, 1.82) is 5.41 Å². The smallest absolute Gasteiger partial charge is 0.336 e. The Morgan fingerprint density at radius 2 is 1.90 bits per heavy atom. The summed E-state index contributed by atoms with van der Waals surface area (Å²) in [7, 11) is 1.49. The SMILES string of the molecule is COc1ccc(-c2cc(C(=O)NCc3cccnc3)ccc2CN2CCc3cc(C(=N)N)ccc32)c(C(=O)O)c1. The van der Waals surface area contributed by atoms with Crippen LogP contribution < -0.4 is 20.7 Å². The highest BCUT2D eigenvalue weighted by Crippen LogP contribution is 2.35. The Morgan fingerprint density at radius 1 is 1.07 bits per heavy atom. The molecule has 4 aromatic rings. The molecule has 0 fully saturated rings. The number of carbonyl (C=O) groups is 2. The van der Waals surface area contributed by atoms with Crippen LogP contribution in [0.4, 0.5) is 5.69 Å². The minimum absolute atomic E-state index is 0.0293. The van der Waals surface area contributed by atoms with Crippen LogP contribution in [-0.4, -0.2) is 41.5 Å². The summed E-state index contributed by atoms with van der Waals surface area (Å²) >= 11 is 0. The van der Waals surface area contributed by atoms with E-state index >= 15 is 0 Å². The van der Waals surface area contributed by atoms with Crippen molar-refractivity contribution in [3.63, 3.8) is 0 Å². The third-order valence-electron chi connectivity index (χ3n) is 7.04. The first kappa shape index (κ1) is 26.4. The summed E-state index contributed by atoms with van der Waals surface area (Å²) in [4.78, 5) is 31.7. The van der Waals surface area contributed by atoms with Crippen LogP contribution in [0.3, 0.4) is 0 Å². The predicted octanol–water partition coefficient (Wildman–Crippen LogP) is 4.23. The number of ether oxygens (including phenoxy) is 1. The van der Waals surface area contributed by atoms with Gasteiger partial charge < -0.3 is 25.8 Å². The number of hydrogen-bond donors (Lipinski definition) is 4. The maximum Gasteiger partial charge on any atom is 0.336 e. The summed E-state index contributed by atoms with van der Waals surface area (Å²) in [5.74, 6) is -0.899. The number of amidine groups is 1. The number of nitrogens with zero attached hydrogens (tertiary/aromatic N) is 2. The number of rotatable bonds is 9. The minimum Gasteiger partial charge on any atom is -0.497 e. The number of carbonyl (C=O) groups excluding carboxylic acids is 1. The van der Waals surface area contributed by atoms with Crippen LogP contribution in [-0.2, 0) is 19.5 Å². The molecule has 0 atom stereocenters. The van der Waals surface area contributed by atoms with Crippen LogP contribution in [0.25, 0.3) is 11.1 Å². The van der Waals surface area contributed by atoms with Crippen LogP contribution in [0, 0.1) is 5.41 Å². The van der Waals surface area contributed by atoms with Gasteiger partial charge in [-0.2, -0.15) is 0 Å². The molecule has 3 aromatic carbocycles. The van der Waals surface area contributed by atoms with Gasteiger partial charge in [0, 0.05) is 48.8 Å². The van der Waals surface area contributed by atoms with E-state index in [1.807, 2.05) is 36.4 Å². The highest BCUT2D eigenvalue weighted by atomic mass is 16.5. The molecule has 0 unspecified atom stereocenters. The lowest BCUT2D eigenvalue weighted by Gasteiger charge is -2.23. The van der Waals surface area contributed by atoms with Crippen molar-refractivity contribution in [2.24, 2.45) is 5.73 Å². The Hall–Kier alpha value is -5.18. The number of nitrogen functional groups attached to an aromatic ring is 1. The van der Waals surface area contributed by atoms with E-state index < -0.39 is 5.97 Å². The molecule has 1 aromatic heterocycles. The van der Waals surface area contributed by atoms with Crippen molar-refractivity contribution in [1.82, 2.24) is 10.3 Å². The van der Waals surface area contributed by atoms with Gasteiger partial charge in [-0.3, -0.25) is 15.2 Å². The second-order valence-electron chi connectivity index (χ2n) is 9.56. The molecule has 5 rings (SSSR count). The lowest BCUT2D eigenvalue weighted by molar-refractivity contribution is 0.0697. The average molecular weight is 536 g/mol. The highest BCUT2D eigenvalue weighted by Gasteiger charge is 2.23. The number of hydrogen-bond acceptors (Lipinski definition) is 6. The number of aromatic carboxylic acids is 1. The number of pyridine rings is 1. The first-order valence-electron chi connectivity index (χ1n) is 12.8. The average Bonchev–Trinajstić information content (AvgIpc) is 3.38. The number of amides is 1. The summed E-state index contributed by atoms with van der Waals surface area (Å²) in [6.07, 6.45) is 4.17. The number of nitrogens with two attached hydrogens (primary N) is 1. The second kappa shape index (κ2) is 11.3. The van der Waals surface area contributed by atoms with E-state index in [4.69, 9.17) is 15.9 Å². The molecular weight excluding hydrogens is 506 g/mol. The van der Waals surface area contributed by atoms with E-state index in [0.717, 1.165) is 35.3 Å². The van der Waals surface area contributed by atoms with Crippen LogP contribution in [0.2, 0.25) is 0 Å². The fraction of sp³-hybridized carbons (Fsp3) is 0.161. The Labute approximate surface area is 231 Å². The molecule has 0 radical (unpaired) electrons. The van der Waals surface area contributed by atoms with Gasteiger partial charge in [-0.05, 0) is 88.8 Å². The van der Waals surface area contributed by atoms with E-state index in [2.05, 4.69) is 15.2 Å². The highest BCUT2D eigenvalue weighted by molar-refractivity contribution is 6.00. The monoisotopic (exact) mass is 535 g/mol. The third kappa shape index (κ3) is 5.49.